The molecule has 1 saturated carbocycles. The smallest absolute Gasteiger partial charge is 0.235 e. The summed E-state index contributed by atoms with van der Waals surface area (Å²) in [7, 11) is -3.26. The quantitative estimate of drug-likeness (QED) is 0.734. The molecule has 3 aromatic rings. The van der Waals surface area contributed by atoms with Gasteiger partial charge in [0, 0.05) is 24.1 Å². The molecule has 4 rings (SSSR count). The Bertz CT molecular complexity index is 965. The molecule has 0 aliphatic heterocycles. The van der Waals surface area contributed by atoms with Gasteiger partial charge in [0.15, 0.2) is 0 Å². The molecule has 0 radical (unpaired) electrons. The summed E-state index contributed by atoms with van der Waals surface area (Å²) in [6.45, 7) is 0. The fourth-order valence-electron chi connectivity index (χ4n) is 2.35. The number of ether oxygens (including phenoxy) is 1. The number of rotatable bonds is 6. The molecular formula is C17H16N4O3S. The van der Waals surface area contributed by atoms with E-state index in [4.69, 9.17) is 4.74 Å². The fourth-order valence-corrected chi connectivity index (χ4v) is 3.74. The summed E-state index contributed by atoms with van der Waals surface area (Å²) in [5.74, 6) is 1.67. The molecule has 0 atom stereocenters. The lowest BCUT2D eigenvalue weighted by Crippen LogP contribution is -2.17. The molecule has 2 aromatic heterocycles. The highest BCUT2D eigenvalue weighted by Gasteiger charge is 2.35. The van der Waals surface area contributed by atoms with Gasteiger partial charge in [-0.25, -0.2) is 18.4 Å². The van der Waals surface area contributed by atoms with Gasteiger partial charge in [0.05, 0.1) is 5.25 Å². The predicted octanol–water partition coefficient (Wildman–Crippen LogP) is 2.96. The van der Waals surface area contributed by atoms with Crippen molar-refractivity contribution in [3.63, 3.8) is 0 Å². The van der Waals surface area contributed by atoms with Gasteiger partial charge in [0.25, 0.3) is 0 Å². The SMILES string of the molecule is O=S(=O)(Nc1ccc(Oc2cc(-n3cccc3)ncn2)cc1)C1CC1. The summed E-state index contributed by atoms with van der Waals surface area (Å²) >= 11 is 0. The molecule has 0 unspecified atom stereocenters. The summed E-state index contributed by atoms with van der Waals surface area (Å²) in [4.78, 5) is 8.30. The lowest BCUT2D eigenvalue weighted by Gasteiger charge is -2.09. The van der Waals surface area contributed by atoms with Gasteiger partial charge in [-0.2, -0.15) is 0 Å². The van der Waals surface area contributed by atoms with Gasteiger partial charge >= 0.3 is 0 Å². The van der Waals surface area contributed by atoms with E-state index in [9.17, 15) is 8.42 Å². The van der Waals surface area contributed by atoms with Gasteiger partial charge in [0.2, 0.25) is 15.9 Å². The zero-order chi connectivity index (χ0) is 17.3. The molecule has 7 nitrogen and oxygen atoms in total. The van der Waals surface area contributed by atoms with Gasteiger partial charge in [-0.15, -0.1) is 0 Å². The van der Waals surface area contributed by atoms with Crippen molar-refractivity contribution in [2.75, 3.05) is 4.72 Å². The van der Waals surface area contributed by atoms with Crippen LogP contribution >= 0.6 is 0 Å². The molecule has 1 fully saturated rings. The van der Waals surface area contributed by atoms with Crippen molar-refractivity contribution in [2.45, 2.75) is 18.1 Å². The molecular weight excluding hydrogens is 340 g/mol. The third kappa shape index (κ3) is 3.63. The monoisotopic (exact) mass is 356 g/mol. The van der Waals surface area contributed by atoms with E-state index in [1.807, 2.05) is 29.1 Å². The highest BCUT2D eigenvalue weighted by atomic mass is 32.2. The summed E-state index contributed by atoms with van der Waals surface area (Å²) in [6.07, 6.45) is 6.66. The molecule has 0 amide bonds. The Morgan fingerprint density at radius 2 is 1.80 bits per heavy atom. The van der Waals surface area contributed by atoms with Crippen LogP contribution in [0, 0.1) is 0 Å². The van der Waals surface area contributed by atoms with E-state index in [2.05, 4.69) is 14.7 Å². The van der Waals surface area contributed by atoms with Gasteiger partial charge in [-0.1, -0.05) is 0 Å². The van der Waals surface area contributed by atoms with Crippen LogP contribution in [-0.2, 0) is 10.0 Å². The number of nitrogens with zero attached hydrogens (tertiary/aromatic N) is 3. The van der Waals surface area contributed by atoms with E-state index in [0.29, 0.717) is 23.1 Å². The summed E-state index contributed by atoms with van der Waals surface area (Å²) < 4.78 is 34.0. The van der Waals surface area contributed by atoms with E-state index < -0.39 is 10.0 Å². The van der Waals surface area contributed by atoms with E-state index in [0.717, 1.165) is 12.8 Å². The molecule has 0 bridgehead atoms. The first-order chi connectivity index (χ1) is 12.1. The first-order valence-electron chi connectivity index (χ1n) is 7.85. The maximum Gasteiger partial charge on any atom is 0.235 e. The number of anilines is 1. The van der Waals surface area contributed by atoms with Crippen LogP contribution in [-0.4, -0.2) is 28.2 Å². The van der Waals surface area contributed by atoms with Crippen molar-refractivity contribution in [3.05, 3.63) is 61.2 Å². The largest absolute Gasteiger partial charge is 0.439 e. The van der Waals surface area contributed by atoms with Crippen molar-refractivity contribution in [1.29, 1.82) is 0 Å². The van der Waals surface area contributed by atoms with E-state index in [1.54, 1.807) is 30.3 Å². The Morgan fingerprint density at radius 3 is 2.48 bits per heavy atom. The highest BCUT2D eigenvalue weighted by molar-refractivity contribution is 7.93. The fraction of sp³-hybridized carbons (Fsp3) is 0.176. The second-order valence-electron chi connectivity index (χ2n) is 5.78. The molecule has 128 valence electrons. The minimum absolute atomic E-state index is 0.253. The average molecular weight is 356 g/mol. The molecule has 0 spiro atoms. The van der Waals surface area contributed by atoms with Crippen LogP contribution in [0.4, 0.5) is 5.69 Å². The summed E-state index contributed by atoms with van der Waals surface area (Å²) in [5.41, 5.74) is 0.523. The maximum absolute atomic E-state index is 11.9. The Morgan fingerprint density at radius 1 is 1.08 bits per heavy atom. The van der Waals surface area contributed by atoms with Crippen LogP contribution in [0.15, 0.2) is 61.2 Å². The maximum atomic E-state index is 11.9. The van der Waals surface area contributed by atoms with Gasteiger partial charge in [-0.05, 0) is 49.2 Å². The first-order valence-corrected chi connectivity index (χ1v) is 9.40. The van der Waals surface area contributed by atoms with E-state index >= 15 is 0 Å². The van der Waals surface area contributed by atoms with Gasteiger partial charge in [0.1, 0.15) is 17.9 Å². The molecule has 1 aliphatic rings. The number of aromatic nitrogens is 3. The zero-order valence-corrected chi connectivity index (χ0v) is 14.1. The van der Waals surface area contributed by atoms with Crippen LogP contribution in [0.25, 0.3) is 5.82 Å². The van der Waals surface area contributed by atoms with Crippen molar-refractivity contribution in [1.82, 2.24) is 14.5 Å². The Hall–Kier alpha value is -2.87. The Balaban J connectivity index is 1.47. The summed E-state index contributed by atoms with van der Waals surface area (Å²) in [6, 6.07) is 12.3. The molecule has 0 saturated heterocycles. The molecule has 1 aromatic carbocycles. The molecule has 1 N–H and O–H groups in total. The van der Waals surface area contributed by atoms with Gasteiger partial charge < -0.3 is 9.30 Å². The molecule has 25 heavy (non-hydrogen) atoms. The zero-order valence-electron chi connectivity index (χ0n) is 13.2. The minimum atomic E-state index is -3.26. The van der Waals surface area contributed by atoms with E-state index in [1.165, 1.54) is 6.33 Å². The van der Waals surface area contributed by atoms with Crippen LogP contribution < -0.4 is 9.46 Å². The molecule has 1 aliphatic carbocycles. The number of hydrogen-bond donors (Lipinski definition) is 1. The lowest BCUT2D eigenvalue weighted by atomic mass is 10.3. The second-order valence-corrected chi connectivity index (χ2v) is 7.74. The molecule has 2 heterocycles. The highest BCUT2D eigenvalue weighted by Crippen LogP contribution is 2.30. The topological polar surface area (TPSA) is 86.1 Å². The van der Waals surface area contributed by atoms with E-state index in [-0.39, 0.29) is 5.25 Å². The van der Waals surface area contributed by atoms with Crippen LogP contribution in [0.3, 0.4) is 0 Å². The first kappa shape index (κ1) is 15.6. The van der Waals surface area contributed by atoms with Crippen LogP contribution in [0.2, 0.25) is 0 Å². The third-order valence-corrected chi connectivity index (χ3v) is 5.67. The number of benzene rings is 1. The number of nitrogens with one attached hydrogen (secondary N) is 1. The predicted molar refractivity (Wildman–Crippen MR) is 93.4 cm³/mol. The van der Waals surface area contributed by atoms with Gasteiger partial charge in [-0.3, -0.25) is 4.72 Å². The number of sulfonamides is 1. The minimum Gasteiger partial charge on any atom is -0.439 e. The normalized spacial score (nSPS) is 14.2. The van der Waals surface area contributed by atoms with Crippen molar-refractivity contribution >= 4 is 15.7 Å². The van der Waals surface area contributed by atoms with Crippen LogP contribution in [0.1, 0.15) is 12.8 Å². The van der Waals surface area contributed by atoms with Crippen molar-refractivity contribution in [3.8, 4) is 17.4 Å². The average Bonchev–Trinajstić information content (AvgIpc) is 3.33. The van der Waals surface area contributed by atoms with Crippen LogP contribution in [0.5, 0.6) is 11.6 Å². The lowest BCUT2D eigenvalue weighted by molar-refractivity contribution is 0.461. The third-order valence-electron chi connectivity index (χ3n) is 3.80. The standard InChI is InChI=1S/C17H16N4O3S/c22-25(23,15-7-8-15)20-13-3-5-14(6-4-13)24-17-11-16(18-12-19-17)21-9-1-2-10-21/h1-6,9-12,15,20H,7-8H2. The Labute approximate surface area is 145 Å². The molecule has 8 heteroatoms. The Kier molecular flexibility index (Phi) is 3.89. The second kappa shape index (κ2) is 6.21. The number of hydrogen-bond acceptors (Lipinski definition) is 5. The summed E-state index contributed by atoms with van der Waals surface area (Å²) in [5, 5.41) is -0.253. The van der Waals surface area contributed by atoms with Crippen molar-refractivity contribution in [2.24, 2.45) is 0 Å². The van der Waals surface area contributed by atoms with Crippen molar-refractivity contribution < 1.29 is 13.2 Å².